The standard InChI is InChI=1S/C13H11ClO4/c1-8(16)13(14)11-6-9(7-15)2-3-10(11)4-5-12(17)18/h2-7,13H,1H3,(H,17,18). The molecule has 0 bridgehead atoms. The van der Waals surface area contributed by atoms with Gasteiger partial charge in [0.05, 0.1) is 0 Å². The van der Waals surface area contributed by atoms with Crippen molar-refractivity contribution < 1.29 is 19.5 Å². The van der Waals surface area contributed by atoms with E-state index in [1.165, 1.54) is 25.1 Å². The normalized spacial score (nSPS) is 12.3. The number of ketones is 1. The number of alkyl halides is 1. The van der Waals surface area contributed by atoms with Gasteiger partial charge in [0, 0.05) is 11.6 Å². The van der Waals surface area contributed by atoms with Gasteiger partial charge in [-0.05, 0) is 30.2 Å². The molecular formula is C13H11ClO4. The lowest BCUT2D eigenvalue weighted by Gasteiger charge is -2.10. The Bertz CT molecular complexity index is 520. The first-order chi connectivity index (χ1) is 8.45. The summed E-state index contributed by atoms with van der Waals surface area (Å²) < 4.78 is 0. The maximum Gasteiger partial charge on any atom is 0.328 e. The third kappa shape index (κ3) is 3.53. The van der Waals surface area contributed by atoms with Gasteiger partial charge in [-0.25, -0.2) is 4.79 Å². The molecule has 4 nitrogen and oxygen atoms in total. The first kappa shape index (κ1) is 14.1. The molecule has 0 saturated heterocycles. The minimum atomic E-state index is -1.10. The molecule has 0 aliphatic rings. The molecular weight excluding hydrogens is 256 g/mol. The molecule has 0 radical (unpaired) electrons. The Balaban J connectivity index is 3.28. The largest absolute Gasteiger partial charge is 0.478 e. The molecule has 1 aromatic rings. The average molecular weight is 267 g/mol. The highest BCUT2D eigenvalue weighted by atomic mass is 35.5. The van der Waals surface area contributed by atoms with Gasteiger partial charge in [-0.1, -0.05) is 12.1 Å². The van der Waals surface area contributed by atoms with E-state index in [9.17, 15) is 14.4 Å². The molecule has 18 heavy (non-hydrogen) atoms. The molecule has 0 aliphatic heterocycles. The number of Topliss-reactive ketones (excluding diaryl/α,β-unsaturated/α-hetero) is 1. The fourth-order valence-corrected chi connectivity index (χ4v) is 1.61. The third-order valence-electron chi connectivity index (χ3n) is 2.28. The van der Waals surface area contributed by atoms with Crippen molar-refractivity contribution in [3.63, 3.8) is 0 Å². The molecule has 1 atom stereocenters. The Morgan fingerprint density at radius 2 is 2.06 bits per heavy atom. The van der Waals surface area contributed by atoms with Crippen LogP contribution in [0.5, 0.6) is 0 Å². The molecule has 5 heteroatoms. The summed E-state index contributed by atoms with van der Waals surface area (Å²) in [5, 5.41) is 7.67. The summed E-state index contributed by atoms with van der Waals surface area (Å²) in [6.45, 7) is 1.33. The van der Waals surface area contributed by atoms with Crippen LogP contribution in [0, 0.1) is 0 Å². The second-order valence-corrected chi connectivity index (χ2v) is 4.09. The van der Waals surface area contributed by atoms with E-state index in [2.05, 4.69) is 0 Å². The maximum atomic E-state index is 11.3. The number of aldehydes is 1. The Morgan fingerprint density at radius 1 is 1.39 bits per heavy atom. The lowest BCUT2D eigenvalue weighted by Crippen LogP contribution is -2.04. The van der Waals surface area contributed by atoms with Crippen molar-refractivity contribution >= 4 is 35.7 Å². The molecule has 0 amide bonds. The topological polar surface area (TPSA) is 71.4 Å². The molecule has 1 aromatic carbocycles. The molecule has 94 valence electrons. The zero-order valence-electron chi connectivity index (χ0n) is 9.59. The number of carboxylic acids is 1. The van der Waals surface area contributed by atoms with E-state index in [1.54, 1.807) is 6.07 Å². The van der Waals surface area contributed by atoms with Crippen LogP contribution in [-0.4, -0.2) is 23.1 Å². The smallest absolute Gasteiger partial charge is 0.328 e. The molecule has 0 aromatic heterocycles. The fourth-order valence-electron chi connectivity index (χ4n) is 1.42. The Labute approximate surface area is 109 Å². The first-order valence-electron chi connectivity index (χ1n) is 5.10. The van der Waals surface area contributed by atoms with Crippen LogP contribution in [-0.2, 0) is 9.59 Å². The summed E-state index contributed by atoms with van der Waals surface area (Å²) in [6, 6.07) is 4.56. The number of halogens is 1. The number of rotatable bonds is 5. The van der Waals surface area contributed by atoms with Crippen molar-refractivity contribution in [3.8, 4) is 0 Å². The number of hydrogen-bond acceptors (Lipinski definition) is 3. The Hall–Kier alpha value is -1.94. The van der Waals surface area contributed by atoms with Gasteiger partial charge < -0.3 is 5.11 Å². The van der Waals surface area contributed by atoms with Gasteiger partial charge in [-0.3, -0.25) is 9.59 Å². The third-order valence-corrected chi connectivity index (χ3v) is 2.82. The van der Waals surface area contributed by atoms with Gasteiger partial charge in [0.1, 0.15) is 11.7 Å². The summed E-state index contributed by atoms with van der Waals surface area (Å²) in [5.41, 5.74) is 1.30. The van der Waals surface area contributed by atoms with E-state index >= 15 is 0 Å². The molecule has 0 saturated carbocycles. The SMILES string of the molecule is CC(=O)C(Cl)c1cc(C=O)ccc1C=CC(=O)O. The van der Waals surface area contributed by atoms with Gasteiger partial charge in [0.25, 0.3) is 0 Å². The minimum Gasteiger partial charge on any atom is -0.478 e. The minimum absolute atomic E-state index is 0.273. The number of benzene rings is 1. The van der Waals surface area contributed by atoms with Crippen molar-refractivity contribution in [1.29, 1.82) is 0 Å². The van der Waals surface area contributed by atoms with E-state index in [4.69, 9.17) is 16.7 Å². The van der Waals surface area contributed by atoms with Crippen molar-refractivity contribution in [2.45, 2.75) is 12.3 Å². The van der Waals surface area contributed by atoms with Crippen molar-refractivity contribution in [2.75, 3.05) is 0 Å². The molecule has 0 aliphatic carbocycles. The van der Waals surface area contributed by atoms with Gasteiger partial charge >= 0.3 is 5.97 Å². The number of aliphatic carboxylic acids is 1. The quantitative estimate of drug-likeness (QED) is 0.505. The second kappa shape index (κ2) is 6.12. The summed E-state index contributed by atoms with van der Waals surface area (Å²) in [7, 11) is 0. The fraction of sp³-hybridized carbons (Fsp3) is 0.154. The van der Waals surface area contributed by atoms with Crippen LogP contribution in [0.4, 0.5) is 0 Å². The maximum absolute atomic E-state index is 11.3. The zero-order valence-corrected chi connectivity index (χ0v) is 10.3. The van der Waals surface area contributed by atoms with Gasteiger partial charge in [0.15, 0.2) is 5.78 Å². The first-order valence-corrected chi connectivity index (χ1v) is 5.54. The summed E-state index contributed by atoms with van der Waals surface area (Å²) >= 11 is 5.94. The van der Waals surface area contributed by atoms with E-state index < -0.39 is 11.3 Å². The highest BCUT2D eigenvalue weighted by Gasteiger charge is 2.16. The summed E-state index contributed by atoms with van der Waals surface area (Å²) in [4.78, 5) is 32.4. The summed E-state index contributed by atoms with van der Waals surface area (Å²) in [6.07, 6.45) is 2.92. The van der Waals surface area contributed by atoms with Gasteiger partial charge in [-0.2, -0.15) is 0 Å². The lowest BCUT2D eigenvalue weighted by molar-refractivity contribution is -0.131. The number of carbonyl (C=O) groups excluding carboxylic acids is 2. The van der Waals surface area contributed by atoms with Gasteiger partial charge in [0.2, 0.25) is 0 Å². The van der Waals surface area contributed by atoms with Crippen LogP contribution in [0.2, 0.25) is 0 Å². The van der Waals surface area contributed by atoms with Crippen LogP contribution in [0.1, 0.15) is 33.8 Å². The number of carboxylic acid groups (broad SMARTS) is 1. The Kier molecular flexibility index (Phi) is 4.80. The van der Waals surface area contributed by atoms with Crippen LogP contribution >= 0.6 is 11.6 Å². The van der Waals surface area contributed by atoms with Crippen LogP contribution in [0.25, 0.3) is 6.08 Å². The van der Waals surface area contributed by atoms with Crippen molar-refractivity contribution in [1.82, 2.24) is 0 Å². The lowest BCUT2D eigenvalue weighted by atomic mass is 9.99. The predicted molar refractivity (Wildman–Crippen MR) is 67.8 cm³/mol. The number of hydrogen-bond donors (Lipinski definition) is 1. The van der Waals surface area contributed by atoms with E-state index in [0.29, 0.717) is 23.0 Å². The molecule has 1 rings (SSSR count). The monoisotopic (exact) mass is 266 g/mol. The van der Waals surface area contributed by atoms with E-state index in [-0.39, 0.29) is 5.78 Å². The van der Waals surface area contributed by atoms with Gasteiger partial charge in [-0.15, -0.1) is 11.6 Å². The van der Waals surface area contributed by atoms with Crippen molar-refractivity contribution in [2.24, 2.45) is 0 Å². The Morgan fingerprint density at radius 3 is 2.56 bits per heavy atom. The van der Waals surface area contributed by atoms with Crippen molar-refractivity contribution in [3.05, 3.63) is 41.0 Å². The average Bonchev–Trinajstić information content (AvgIpc) is 2.35. The second-order valence-electron chi connectivity index (χ2n) is 3.65. The molecule has 0 heterocycles. The van der Waals surface area contributed by atoms with E-state index in [0.717, 1.165) is 6.08 Å². The van der Waals surface area contributed by atoms with Crippen LogP contribution in [0.3, 0.4) is 0 Å². The molecule has 1 N–H and O–H groups in total. The van der Waals surface area contributed by atoms with Crippen LogP contribution in [0.15, 0.2) is 24.3 Å². The summed E-state index contributed by atoms with van der Waals surface area (Å²) in [5.74, 6) is -1.38. The molecule has 0 spiro atoms. The highest BCUT2D eigenvalue weighted by molar-refractivity contribution is 6.31. The zero-order chi connectivity index (χ0) is 13.7. The molecule has 1 unspecified atom stereocenters. The van der Waals surface area contributed by atoms with Crippen LogP contribution < -0.4 is 0 Å². The number of carbonyl (C=O) groups is 3. The van der Waals surface area contributed by atoms with E-state index in [1.807, 2.05) is 0 Å². The predicted octanol–water partition coefficient (Wildman–Crippen LogP) is 2.47. The highest BCUT2D eigenvalue weighted by Crippen LogP contribution is 2.27. The molecule has 0 fully saturated rings.